The van der Waals surface area contributed by atoms with E-state index in [9.17, 15) is 14.7 Å². The molecular formula is C9H12N2O4. The van der Waals surface area contributed by atoms with Gasteiger partial charge in [0.1, 0.15) is 6.23 Å². The molecule has 0 bridgehead atoms. The molecule has 2 N–H and O–H groups in total. The summed E-state index contributed by atoms with van der Waals surface area (Å²) in [7, 11) is 0. The average Bonchev–Trinajstić information content (AvgIpc) is 2.46. The third-order valence-electron chi connectivity index (χ3n) is 2.52. The van der Waals surface area contributed by atoms with Crippen molar-refractivity contribution in [1.29, 1.82) is 0 Å². The van der Waals surface area contributed by atoms with Crippen LogP contribution in [0.25, 0.3) is 0 Å². The molecule has 1 saturated heterocycles. The molecule has 1 aliphatic heterocycles. The Morgan fingerprint density at radius 1 is 1.60 bits per heavy atom. The topological polar surface area (TPSA) is 84.3 Å². The number of nitrogens with zero attached hydrogens (tertiary/aromatic N) is 1. The number of hydrogen-bond donors (Lipinski definition) is 2. The van der Waals surface area contributed by atoms with E-state index in [0.29, 0.717) is 6.42 Å². The van der Waals surface area contributed by atoms with Gasteiger partial charge in [-0.15, -0.1) is 0 Å². The third kappa shape index (κ3) is 1.86. The van der Waals surface area contributed by atoms with Gasteiger partial charge in [-0.05, 0) is 6.92 Å². The molecule has 0 amide bonds. The first-order chi connectivity index (χ1) is 7.08. The van der Waals surface area contributed by atoms with E-state index in [1.54, 1.807) is 6.92 Å². The molecule has 0 aliphatic carbocycles. The Hall–Kier alpha value is -1.40. The molecule has 6 nitrogen and oxygen atoms in total. The van der Waals surface area contributed by atoms with Gasteiger partial charge in [0.15, 0.2) is 0 Å². The molecule has 0 aromatic carbocycles. The molecule has 2 heterocycles. The van der Waals surface area contributed by atoms with Crippen molar-refractivity contribution in [2.24, 2.45) is 0 Å². The fraction of sp³-hybridized carbons (Fsp3) is 0.556. The number of aromatic nitrogens is 2. The van der Waals surface area contributed by atoms with Gasteiger partial charge in [-0.3, -0.25) is 14.3 Å². The Labute approximate surface area is 85.1 Å². The van der Waals surface area contributed by atoms with Crippen LogP contribution in [0.3, 0.4) is 0 Å². The highest BCUT2D eigenvalue weighted by Crippen LogP contribution is 2.26. The monoisotopic (exact) mass is 212 g/mol. The summed E-state index contributed by atoms with van der Waals surface area (Å²) in [6.07, 6.45) is 0.353. The molecule has 1 fully saturated rings. The van der Waals surface area contributed by atoms with Crippen LogP contribution < -0.4 is 11.2 Å². The first-order valence-corrected chi connectivity index (χ1v) is 4.73. The normalized spacial score (nSPS) is 30.7. The van der Waals surface area contributed by atoms with Gasteiger partial charge in [0.2, 0.25) is 0 Å². The lowest BCUT2D eigenvalue weighted by Crippen LogP contribution is -2.31. The van der Waals surface area contributed by atoms with E-state index in [1.807, 2.05) is 0 Å². The quantitative estimate of drug-likeness (QED) is 0.638. The smallest absolute Gasteiger partial charge is 0.330 e. The van der Waals surface area contributed by atoms with E-state index in [0.717, 1.165) is 0 Å². The van der Waals surface area contributed by atoms with E-state index in [4.69, 9.17) is 4.74 Å². The second-order valence-electron chi connectivity index (χ2n) is 3.62. The average molecular weight is 212 g/mol. The second-order valence-corrected chi connectivity index (χ2v) is 3.62. The zero-order valence-electron chi connectivity index (χ0n) is 8.21. The number of ether oxygens (including phenoxy) is 1. The molecule has 2 rings (SSSR count). The Morgan fingerprint density at radius 3 is 2.87 bits per heavy atom. The van der Waals surface area contributed by atoms with Crippen LogP contribution in [0.15, 0.2) is 21.9 Å². The molecule has 1 aliphatic rings. The molecule has 0 unspecified atom stereocenters. The fourth-order valence-corrected chi connectivity index (χ4v) is 1.63. The first kappa shape index (κ1) is 10.1. The molecule has 6 heteroatoms. The van der Waals surface area contributed by atoms with Crippen LogP contribution in [0.1, 0.15) is 19.6 Å². The van der Waals surface area contributed by atoms with Crippen LogP contribution in [0.2, 0.25) is 0 Å². The summed E-state index contributed by atoms with van der Waals surface area (Å²) in [5, 5.41) is 9.46. The Morgan fingerprint density at radius 2 is 2.33 bits per heavy atom. The highest BCUT2D eigenvalue weighted by molar-refractivity contribution is 4.87. The molecule has 0 saturated carbocycles. The highest BCUT2D eigenvalue weighted by atomic mass is 16.5. The van der Waals surface area contributed by atoms with E-state index in [-0.39, 0.29) is 6.10 Å². The van der Waals surface area contributed by atoms with Crippen LogP contribution in [-0.4, -0.2) is 26.9 Å². The molecule has 82 valence electrons. The fourth-order valence-electron chi connectivity index (χ4n) is 1.63. The van der Waals surface area contributed by atoms with Gasteiger partial charge in [-0.25, -0.2) is 4.79 Å². The van der Waals surface area contributed by atoms with Crippen molar-refractivity contribution < 1.29 is 9.84 Å². The number of hydrogen-bond acceptors (Lipinski definition) is 4. The predicted molar refractivity (Wildman–Crippen MR) is 51.5 cm³/mol. The highest BCUT2D eigenvalue weighted by Gasteiger charge is 2.32. The first-order valence-electron chi connectivity index (χ1n) is 4.73. The molecule has 1 aromatic rings. The number of aliphatic hydroxyl groups is 1. The number of rotatable bonds is 1. The molecule has 0 radical (unpaired) electrons. The van der Waals surface area contributed by atoms with E-state index >= 15 is 0 Å². The number of aromatic amines is 1. The lowest BCUT2D eigenvalue weighted by molar-refractivity contribution is -0.0101. The van der Waals surface area contributed by atoms with Crippen molar-refractivity contribution in [2.45, 2.75) is 31.8 Å². The van der Waals surface area contributed by atoms with Gasteiger partial charge in [0, 0.05) is 18.7 Å². The minimum absolute atomic E-state index is 0.297. The predicted octanol–water partition coefficient (Wildman–Crippen LogP) is -0.795. The zero-order valence-corrected chi connectivity index (χ0v) is 8.21. The number of aliphatic hydroxyl groups excluding tert-OH is 1. The van der Waals surface area contributed by atoms with Gasteiger partial charge in [0.05, 0.1) is 12.2 Å². The van der Waals surface area contributed by atoms with Crippen molar-refractivity contribution in [3.05, 3.63) is 33.1 Å². The van der Waals surface area contributed by atoms with Crippen molar-refractivity contribution in [2.75, 3.05) is 0 Å². The maximum Gasteiger partial charge on any atom is 0.330 e. The van der Waals surface area contributed by atoms with Gasteiger partial charge >= 0.3 is 5.69 Å². The third-order valence-corrected chi connectivity index (χ3v) is 2.52. The van der Waals surface area contributed by atoms with Crippen molar-refractivity contribution >= 4 is 0 Å². The SMILES string of the molecule is C[C@H]1O[C@H](n2ccc(=O)[nH]c2=O)C[C@@H]1O. The molecule has 3 atom stereocenters. The van der Waals surface area contributed by atoms with E-state index in [1.165, 1.54) is 16.8 Å². The maximum absolute atomic E-state index is 11.4. The largest absolute Gasteiger partial charge is 0.390 e. The maximum atomic E-state index is 11.4. The van der Waals surface area contributed by atoms with Crippen LogP contribution in [0.4, 0.5) is 0 Å². The lowest BCUT2D eigenvalue weighted by atomic mass is 10.2. The number of H-pyrrole nitrogens is 1. The van der Waals surface area contributed by atoms with Crippen LogP contribution in [-0.2, 0) is 4.74 Å². The van der Waals surface area contributed by atoms with Crippen LogP contribution in [0.5, 0.6) is 0 Å². The van der Waals surface area contributed by atoms with Gasteiger partial charge in [0.25, 0.3) is 5.56 Å². The Kier molecular flexibility index (Phi) is 2.45. The standard InChI is InChI=1S/C9H12N2O4/c1-5-6(12)4-8(15-5)11-3-2-7(13)10-9(11)14/h2-3,5-6,8,12H,4H2,1H3,(H,10,13,14)/t5-,6+,8+/m1/s1. The van der Waals surface area contributed by atoms with Crippen molar-refractivity contribution in [1.82, 2.24) is 9.55 Å². The summed E-state index contributed by atoms with van der Waals surface area (Å²) < 4.78 is 6.64. The Balaban J connectivity index is 2.32. The Bertz CT molecular complexity index is 454. The van der Waals surface area contributed by atoms with Crippen LogP contribution >= 0.6 is 0 Å². The zero-order chi connectivity index (χ0) is 11.0. The molecule has 0 spiro atoms. The summed E-state index contributed by atoms with van der Waals surface area (Å²) in [6, 6.07) is 1.25. The summed E-state index contributed by atoms with van der Waals surface area (Å²) >= 11 is 0. The molecular weight excluding hydrogens is 200 g/mol. The summed E-state index contributed by atoms with van der Waals surface area (Å²) in [5.41, 5.74) is -0.961. The van der Waals surface area contributed by atoms with E-state index < -0.39 is 23.6 Å². The van der Waals surface area contributed by atoms with Crippen molar-refractivity contribution in [3.8, 4) is 0 Å². The number of nitrogens with one attached hydrogen (secondary N) is 1. The van der Waals surface area contributed by atoms with Gasteiger partial charge in [-0.2, -0.15) is 0 Å². The lowest BCUT2D eigenvalue weighted by Gasteiger charge is -2.12. The van der Waals surface area contributed by atoms with Crippen LogP contribution in [0, 0.1) is 0 Å². The minimum atomic E-state index is -0.575. The summed E-state index contributed by atoms with van der Waals surface area (Å²) in [5.74, 6) is 0. The van der Waals surface area contributed by atoms with E-state index in [2.05, 4.69) is 4.98 Å². The second kappa shape index (κ2) is 3.63. The summed E-state index contributed by atoms with van der Waals surface area (Å²) in [6.45, 7) is 1.74. The summed E-state index contributed by atoms with van der Waals surface area (Å²) in [4.78, 5) is 24.3. The molecule has 15 heavy (non-hydrogen) atoms. The minimum Gasteiger partial charge on any atom is -0.390 e. The van der Waals surface area contributed by atoms with Crippen molar-refractivity contribution in [3.63, 3.8) is 0 Å². The van der Waals surface area contributed by atoms with Gasteiger partial charge < -0.3 is 9.84 Å². The van der Waals surface area contributed by atoms with Gasteiger partial charge in [-0.1, -0.05) is 0 Å². The molecule has 1 aromatic heterocycles.